The summed E-state index contributed by atoms with van der Waals surface area (Å²) in [6.07, 6.45) is 4.77. The van der Waals surface area contributed by atoms with Gasteiger partial charge in [-0.2, -0.15) is 11.8 Å². The van der Waals surface area contributed by atoms with E-state index in [0.29, 0.717) is 11.2 Å². The number of nitrogens with zero attached hydrogens (tertiary/aromatic N) is 2. The maximum atomic E-state index is 9.32. The molecule has 0 fully saturated rings. The van der Waals surface area contributed by atoms with Crippen LogP contribution < -0.4 is 0 Å². The van der Waals surface area contributed by atoms with E-state index in [1.165, 1.54) is 0 Å². The SMILES string of the molecule is CCCc1noc2c1/C(=N/O)C[C@H](C[C@@H](C)SCC)C2. The van der Waals surface area contributed by atoms with Gasteiger partial charge in [-0.25, -0.2) is 0 Å². The zero-order chi connectivity index (χ0) is 14.5. The molecule has 0 radical (unpaired) electrons. The van der Waals surface area contributed by atoms with E-state index in [1.54, 1.807) is 0 Å². The summed E-state index contributed by atoms with van der Waals surface area (Å²) in [5.74, 6) is 2.54. The van der Waals surface area contributed by atoms with E-state index >= 15 is 0 Å². The minimum atomic E-state index is 0.491. The summed E-state index contributed by atoms with van der Waals surface area (Å²) in [6.45, 7) is 6.57. The number of thioether (sulfide) groups is 1. The fourth-order valence-electron chi connectivity index (χ4n) is 3.03. The zero-order valence-electron chi connectivity index (χ0n) is 12.6. The molecule has 0 aliphatic heterocycles. The van der Waals surface area contributed by atoms with Gasteiger partial charge in [-0.15, -0.1) is 0 Å². The Morgan fingerprint density at radius 2 is 2.25 bits per heavy atom. The van der Waals surface area contributed by atoms with Crippen LogP contribution in [0.5, 0.6) is 0 Å². The van der Waals surface area contributed by atoms with Gasteiger partial charge in [0.15, 0.2) is 0 Å². The molecule has 112 valence electrons. The van der Waals surface area contributed by atoms with Crippen LogP contribution in [0.2, 0.25) is 0 Å². The van der Waals surface area contributed by atoms with Crippen molar-refractivity contribution in [1.82, 2.24) is 5.16 Å². The molecule has 1 aromatic rings. The lowest BCUT2D eigenvalue weighted by Crippen LogP contribution is -2.23. The lowest BCUT2D eigenvalue weighted by molar-refractivity contribution is 0.310. The number of fused-ring (bicyclic) bond motifs is 1. The lowest BCUT2D eigenvalue weighted by atomic mass is 9.83. The van der Waals surface area contributed by atoms with E-state index in [4.69, 9.17) is 4.52 Å². The minimum Gasteiger partial charge on any atom is -0.411 e. The van der Waals surface area contributed by atoms with Gasteiger partial charge in [-0.1, -0.05) is 37.5 Å². The normalized spacial score (nSPS) is 21.9. The number of aromatic nitrogens is 1. The molecule has 0 unspecified atom stereocenters. The predicted molar refractivity (Wildman–Crippen MR) is 82.8 cm³/mol. The zero-order valence-corrected chi connectivity index (χ0v) is 13.4. The van der Waals surface area contributed by atoms with E-state index in [9.17, 15) is 5.21 Å². The van der Waals surface area contributed by atoms with Gasteiger partial charge in [0.1, 0.15) is 5.76 Å². The highest BCUT2D eigenvalue weighted by atomic mass is 32.2. The van der Waals surface area contributed by atoms with Gasteiger partial charge >= 0.3 is 0 Å². The van der Waals surface area contributed by atoms with Crippen LogP contribution in [0, 0.1) is 5.92 Å². The molecule has 0 amide bonds. The second-order valence-electron chi connectivity index (χ2n) is 5.50. The van der Waals surface area contributed by atoms with Crippen molar-refractivity contribution in [3.8, 4) is 0 Å². The van der Waals surface area contributed by atoms with Gasteiger partial charge in [0.2, 0.25) is 0 Å². The average molecular weight is 296 g/mol. The summed E-state index contributed by atoms with van der Waals surface area (Å²) >= 11 is 1.98. The second-order valence-corrected chi connectivity index (χ2v) is 7.22. The number of aryl methyl sites for hydroxylation is 1. The van der Waals surface area contributed by atoms with Crippen molar-refractivity contribution in [3.63, 3.8) is 0 Å². The first-order chi connectivity index (χ1) is 9.69. The highest BCUT2D eigenvalue weighted by molar-refractivity contribution is 7.99. The molecule has 1 aromatic heterocycles. The van der Waals surface area contributed by atoms with Crippen molar-refractivity contribution in [2.75, 3.05) is 5.75 Å². The van der Waals surface area contributed by atoms with Gasteiger partial charge in [0.05, 0.1) is 17.0 Å². The number of rotatable bonds is 6. The first kappa shape index (κ1) is 15.4. The van der Waals surface area contributed by atoms with Crippen LogP contribution in [0.15, 0.2) is 9.68 Å². The summed E-state index contributed by atoms with van der Waals surface area (Å²) in [7, 11) is 0. The summed E-state index contributed by atoms with van der Waals surface area (Å²) in [5.41, 5.74) is 2.68. The van der Waals surface area contributed by atoms with E-state index < -0.39 is 0 Å². The first-order valence-corrected chi connectivity index (χ1v) is 8.54. The molecule has 0 saturated heterocycles. The van der Waals surface area contributed by atoms with Gasteiger partial charge in [-0.05, 0) is 30.9 Å². The van der Waals surface area contributed by atoms with E-state index in [2.05, 4.69) is 31.1 Å². The molecule has 5 heteroatoms. The van der Waals surface area contributed by atoms with Crippen molar-refractivity contribution in [1.29, 1.82) is 0 Å². The van der Waals surface area contributed by atoms with Crippen LogP contribution in [0.25, 0.3) is 0 Å². The molecule has 2 rings (SSSR count). The van der Waals surface area contributed by atoms with Crippen molar-refractivity contribution in [2.24, 2.45) is 11.1 Å². The third-order valence-corrected chi connectivity index (χ3v) is 4.90. The molecule has 1 heterocycles. The largest absolute Gasteiger partial charge is 0.411 e. The number of oxime groups is 1. The van der Waals surface area contributed by atoms with Gasteiger partial charge in [0.25, 0.3) is 0 Å². The van der Waals surface area contributed by atoms with Gasteiger partial charge in [-0.3, -0.25) is 0 Å². The van der Waals surface area contributed by atoms with E-state index in [1.807, 2.05) is 11.8 Å². The van der Waals surface area contributed by atoms with Crippen molar-refractivity contribution in [3.05, 3.63) is 17.0 Å². The van der Waals surface area contributed by atoms with Crippen molar-refractivity contribution < 1.29 is 9.73 Å². The molecule has 0 saturated carbocycles. The molecular weight excluding hydrogens is 272 g/mol. The quantitative estimate of drug-likeness (QED) is 0.639. The van der Waals surface area contributed by atoms with Crippen LogP contribution in [-0.4, -0.2) is 27.1 Å². The Bertz CT molecular complexity index is 470. The molecule has 2 atom stereocenters. The maximum Gasteiger partial charge on any atom is 0.146 e. The van der Waals surface area contributed by atoms with Crippen LogP contribution in [-0.2, 0) is 12.8 Å². The third-order valence-electron chi connectivity index (χ3n) is 3.80. The summed E-state index contributed by atoms with van der Waals surface area (Å²) in [6, 6.07) is 0. The molecule has 0 aromatic carbocycles. The Hall–Kier alpha value is -0.970. The second kappa shape index (κ2) is 7.16. The third kappa shape index (κ3) is 3.37. The first-order valence-electron chi connectivity index (χ1n) is 7.49. The van der Waals surface area contributed by atoms with Crippen LogP contribution in [0.1, 0.15) is 57.1 Å². The highest BCUT2D eigenvalue weighted by Gasteiger charge is 2.31. The Balaban J connectivity index is 2.14. The Labute approximate surface area is 125 Å². The molecule has 0 spiro atoms. The minimum absolute atomic E-state index is 0.491. The van der Waals surface area contributed by atoms with Crippen LogP contribution in [0.4, 0.5) is 0 Å². The molecule has 1 aliphatic rings. The van der Waals surface area contributed by atoms with Crippen molar-refractivity contribution in [2.45, 2.75) is 58.1 Å². The molecule has 4 nitrogen and oxygen atoms in total. The standard InChI is InChI=1S/C15H24N2O2S/c1-4-6-12-15-13(16-18)8-11(7-10(3)20-5-2)9-14(15)19-17-12/h10-11,18H,4-9H2,1-3H3/b16-13+/t10-,11+/m1/s1. The Morgan fingerprint density at radius 1 is 1.45 bits per heavy atom. The molecule has 1 N–H and O–H groups in total. The average Bonchev–Trinajstić information content (AvgIpc) is 2.82. The number of hydrogen-bond acceptors (Lipinski definition) is 5. The fraction of sp³-hybridized carbons (Fsp3) is 0.733. The summed E-state index contributed by atoms with van der Waals surface area (Å²) in [4.78, 5) is 0. The lowest BCUT2D eigenvalue weighted by Gasteiger charge is -2.24. The molecule has 0 bridgehead atoms. The topological polar surface area (TPSA) is 58.6 Å². The van der Waals surface area contributed by atoms with Crippen molar-refractivity contribution >= 4 is 17.5 Å². The summed E-state index contributed by atoms with van der Waals surface area (Å²) < 4.78 is 5.49. The predicted octanol–water partition coefficient (Wildman–Crippen LogP) is 3.90. The summed E-state index contributed by atoms with van der Waals surface area (Å²) in [5, 5.41) is 17.6. The number of hydrogen-bond donors (Lipinski definition) is 1. The highest BCUT2D eigenvalue weighted by Crippen LogP contribution is 2.33. The van der Waals surface area contributed by atoms with Gasteiger partial charge in [0, 0.05) is 11.7 Å². The monoisotopic (exact) mass is 296 g/mol. The smallest absolute Gasteiger partial charge is 0.146 e. The molecule has 1 aliphatic carbocycles. The Morgan fingerprint density at radius 3 is 2.90 bits per heavy atom. The van der Waals surface area contributed by atoms with Crippen LogP contribution in [0.3, 0.4) is 0 Å². The van der Waals surface area contributed by atoms with E-state index in [-0.39, 0.29) is 0 Å². The van der Waals surface area contributed by atoms with Crippen LogP contribution >= 0.6 is 11.8 Å². The molecular formula is C15H24N2O2S. The van der Waals surface area contributed by atoms with E-state index in [0.717, 1.165) is 60.6 Å². The molecule has 20 heavy (non-hydrogen) atoms. The fourth-order valence-corrected chi connectivity index (χ4v) is 4.00. The Kier molecular flexibility index (Phi) is 5.52. The van der Waals surface area contributed by atoms with Gasteiger partial charge < -0.3 is 9.73 Å². The maximum absolute atomic E-state index is 9.32.